The van der Waals surface area contributed by atoms with Gasteiger partial charge in [0.15, 0.2) is 0 Å². The van der Waals surface area contributed by atoms with Crippen LogP contribution >= 0.6 is 0 Å². The van der Waals surface area contributed by atoms with Crippen LogP contribution in [0.3, 0.4) is 0 Å². The Morgan fingerprint density at radius 1 is 1.32 bits per heavy atom. The predicted molar refractivity (Wildman–Crippen MR) is 75.6 cm³/mol. The molecule has 1 aromatic heterocycles. The van der Waals surface area contributed by atoms with E-state index in [9.17, 15) is 0 Å². The lowest BCUT2D eigenvalue weighted by atomic mass is 10.1. The molecular weight excluding hydrogens is 240 g/mol. The van der Waals surface area contributed by atoms with Crippen molar-refractivity contribution in [2.24, 2.45) is 0 Å². The number of anilines is 1. The molecule has 0 saturated heterocycles. The summed E-state index contributed by atoms with van der Waals surface area (Å²) in [7, 11) is 1.57. The predicted octanol–water partition coefficient (Wildman–Crippen LogP) is 3.19. The van der Waals surface area contributed by atoms with Crippen molar-refractivity contribution >= 4 is 5.69 Å². The first kappa shape index (κ1) is 13.0. The molecule has 0 unspecified atom stereocenters. The maximum Gasteiger partial charge on any atom is 0.216 e. The number of nitrogens with two attached hydrogens (primary N) is 1. The zero-order valence-corrected chi connectivity index (χ0v) is 10.8. The van der Waals surface area contributed by atoms with Crippen LogP contribution in [-0.4, -0.2) is 12.1 Å². The number of methoxy groups -OCH3 is 1. The number of benzene rings is 1. The summed E-state index contributed by atoms with van der Waals surface area (Å²) in [5.74, 6) is 1.93. The molecule has 4 nitrogen and oxygen atoms in total. The van der Waals surface area contributed by atoms with Gasteiger partial charge in [0.2, 0.25) is 5.88 Å². The van der Waals surface area contributed by atoms with E-state index in [1.165, 1.54) is 0 Å². The lowest BCUT2D eigenvalue weighted by Gasteiger charge is -2.11. The van der Waals surface area contributed by atoms with Crippen LogP contribution in [0.5, 0.6) is 17.4 Å². The molecule has 0 fully saturated rings. The van der Waals surface area contributed by atoms with E-state index in [0.717, 1.165) is 11.3 Å². The normalized spacial score (nSPS) is 9.95. The molecule has 19 heavy (non-hydrogen) atoms. The summed E-state index contributed by atoms with van der Waals surface area (Å²) in [6, 6.07) is 9.04. The summed E-state index contributed by atoms with van der Waals surface area (Å²) in [5.41, 5.74) is 7.47. The Morgan fingerprint density at radius 3 is 2.89 bits per heavy atom. The van der Waals surface area contributed by atoms with Crippen LogP contribution in [0.15, 0.2) is 49.2 Å². The number of nitrogen functional groups attached to an aromatic ring is 1. The summed E-state index contributed by atoms with van der Waals surface area (Å²) in [4.78, 5) is 4.03. The molecule has 2 rings (SSSR count). The molecule has 0 atom stereocenters. The first-order valence-corrected chi connectivity index (χ1v) is 5.90. The Kier molecular flexibility index (Phi) is 4.03. The maximum atomic E-state index is 5.84. The molecule has 2 aromatic rings. The fourth-order valence-corrected chi connectivity index (χ4v) is 1.71. The molecule has 0 aliphatic rings. The quantitative estimate of drug-likeness (QED) is 0.659. The van der Waals surface area contributed by atoms with Gasteiger partial charge in [-0.2, -0.15) is 0 Å². The number of hydrogen-bond acceptors (Lipinski definition) is 4. The van der Waals surface area contributed by atoms with Gasteiger partial charge in [0.1, 0.15) is 11.5 Å². The third kappa shape index (κ3) is 3.25. The highest BCUT2D eigenvalue weighted by atomic mass is 16.5. The molecule has 0 spiro atoms. The molecule has 98 valence electrons. The molecule has 0 aliphatic carbocycles. The van der Waals surface area contributed by atoms with Gasteiger partial charge in [-0.3, -0.25) is 0 Å². The third-order valence-electron chi connectivity index (χ3n) is 2.59. The number of rotatable bonds is 5. The number of aromatic nitrogens is 1. The number of ether oxygens (including phenoxy) is 2. The van der Waals surface area contributed by atoms with Crippen LogP contribution < -0.4 is 15.2 Å². The Bertz CT molecular complexity index is 582. The van der Waals surface area contributed by atoms with Crippen LogP contribution in [-0.2, 0) is 6.42 Å². The fourth-order valence-electron chi connectivity index (χ4n) is 1.71. The Labute approximate surface area is 112 Å². The minimum Gasteiger partial charge on any atom is -0.481 e. The molecule has 1 heterocycles. The molecular formula is C15H16N2O2. The van der Waals surface area contributed by atoms with Gasteiger partial charge >= 0.3 is 0 Å². The maximum absolute atomic E-state index is 5.84. The van der Waals surface area contributed by atoms with Crippen LogP contribution in [0.1, 0.15) is 5.56 Å². The first-order valence-electron chi connectivity index (χ1n) is 5.90. The Hall–Kier alpha value is -2.49. The van der Waals surface area contributed by atoms with E-state index < -0.39 is 0 Å². The smallest absolute Gasteiger partial charge is 0.216 e. The van der Waals surface area contributed by atoms with E-state index in [4.69, 9.17) is 15.2 Å². The molecule has 1 aromatic carbocycles. The summed E-state index contributed by atoms with van der Waals surface area (Å²) in [6.07, 6.45) is 4.15. The standard InChI is InChI=1S/C15H16N2O2/c1-3-4-11-9-12(16)5-6-14(11)19-13-7-8-17-15(10-13)18-2/h3,5-10H,1,4,16H2,2H3. The fraction of sp³-hybridized carbons (Fsp3) is 0.133. The van der Waals surface area contributed by atoms with Gasteiger partial charge in [-0.25, -0.2) is 4.98 Å². The van der Waals surface area contributed by atoms with Crippen molar-refractivity contribution in [1.82, 2.24) is 4.98 Å². The number of nitrogens with zero attached hydrogens (tertiary/aromatic N) is 1. The van der Waals surface area contributed by atoms with E-state index in [-0.39, 0.29) is 0 Å². The highest BCUT2D eigenvalue weighted by molar-refractivity contribution is 5.49. The SMILES string of the molecule is C=CCc1cc(N)ccc1Oc1ccnc(OC)c1. The molecule has 4 heteroatoms. The topological polar surface area (TPSA) is 57.4 Å². The van der Waals surface area contributed by atoms with Crippen LogP contribution in [0.2, 0.25) is 0 Å². The molecule has 0 amide bonds. The first-order chi connectivity index (χ1) is 9.22. The molecule has 2 N–H and O–H groups in total. The molecule has 0 bridgehead atoms. The summed E-state index contributed by atoms with van der Waals surface area (Å²) in [5, 5.41) is 0. The van der Waals surface area contributed by atoms with Crippen molar-refractivity contribution in [2.45, 2.75) is 6.42 Å². The molecule has 0 radical (unpaired) electrons. The van der Waals surface area contributed by atoms with Crippen LogP contribution in [0.4, 0.5) is 5.69 Å². The van der Waals surface area contributed by atoms with E-state index in [1.807, 2.05) is 18.2 Å². The van der Waals surface area contributed by atoms with Gasteiger partial charge in [0.25, 0.3) is 0 Å². The van der Waals surface area contributed by atoms with Crippen molar-refractivity contribution in [1.29, 1.82) is 0 Å². The van der Waals surface area contributed by atoms with Gasteiger partial charge in [-0.15, -0.1) is 6.58 Å². The highest BCUT2D eigenvalue weighted by Gasteiger charge is 2.06. The van der Waals surface area contributed by atoms with E-state index in [0.29, 0.717) is 23.7 Å². The second-order valence-electron chi connectivity index (χ2n) is 4.00. The van der Waals surface area contributed by atoms with E-state index in [2.05, 4.69) is 11.6 Å². The minimum absolute atomic E-state index is 0.512. The Morgan fingerprint density at radius 2 is 2.16 bits per heavy atom. The third-order valence-corrected chi connectivity index (χ3v) is 2.59. The zero-order valence-electron chi connectivity index (χ0n) is 10.8. The molecule has 0 saturated carbocycles. The monoisotopic (exact) mass is 256 g/mol. The second kappa shape index (κ2) is 5.91. The van der Waals surface area contributed by atoms with Crippen molar-refractivity contribution in [2.75, 3.05) is 12.8 Å². The number of hydrogen-bond donors (Lipinski definition) is 1. The van der Waals surface area contributed by atoms with Gasteiger partial charge in [-0.05, 0) is 30.7 Å². The Balaban J connectivity index is 2.28. The molecule has 0 aliphatic heterocycles. The lowest BCUT2D eigenvalue weighted by molar-refractivity contribution is 0.392. The van der Waals surface area contributed by atoms with Gasteiger partial charge in [0, 0.05) is 23.5 Å². The van der Waals surface area contributed by atoms with Crippen molar-refractivity contribution in [3.05, 3.63) is 54.7 Å². The average Bonchev–Trinajstić information content (AvgIpc) is 2.42. The lowest BCUT2D eigenvalue weighted by Crippen LogP contribution is -1.94. The second-order valence-corrected chi connectivity index (χ2v) is 4.00. The van der Waals surface area contributed by atoms with Crippen molar-refractivity contribution in [3.8, 4) is 17.4 Å². The van der Waals surface area contributed by atoms with Crippen molar-refractivity contribution in [3.63, 3.8) is 0 Å². The number of allylic oxidation sites excluding steroid dienone is 1. The summed E-state index contributed by atoms with van der Waals surface area (Å²) < 4.78 is 10.9. The number of pyridine rings is 1. The largest absolute Gasteiger partial charge is 0.481 e. The van der Waals surface area contributed by atoms with Crippen molar-refractivity contribution < 1.29 is 9.47 Å². The summed E-state index contributed by atoms with van der Waals surface area (Å²) in [6.45, 7) is 3.73. The minimum atomic E-state index is 0.512. The van der Waals surface area contributed by atoms with E-state index in [1.54, 1.807) is 31.5 Å². The van der Waals surface area contributed by atoms with Gasteiger partial charge < -0.3 is 15.2 Å². The summed E-state index contributed by atoms with van der Waals surface area (Å²) >= 11 is 0. The van der Waals surface area contributed by atoms with Crippen LogP contribution in [0, 0.1) is 0 Å². The van der Waals surface area contributed by atoms with E-state index >= 15 is 0 Å². The average molecular weight is 256 g/mol. The van der Waals surface area contributed by atoms with Gasteiger partial charge in [-0.1, -0.05) is 6.08 Å². The highest BCUT2D eigenvalue weighted by Crippen LogP contribution is 2.28. The zero-order chi connectivity index (χ0) is 13.7. The van der Waals surface area contributed by atoms with Gasteiger partial charge in [0.05, 0.1) is 7.11 Å². The van der Waals surface area contributed by atoms with Crippen LogP contribution in [0.25, 0.3) is 0 Å².